The van der Waals surface area contributed by atoms with E-state index in [0.29, 0.717) is 11.1 Å². The zero-order chi connectivity index (χ0) is 24.4. The molecule has 2 aromatic carbocycles. The van der Waals surface area contributed by atoms with Gasteiger partial charge in [0.05, 0.1) is 16.7 Å². The zero-order valence-corrected chi connectivity index (χ0v) is 21.2. The van der Waals surface area contributed by atoms with Gasteiger partial charge in [-0.05, 0) is 43.1 Å². The number of carbonyl (C=O) groups excluding carboxylic acids is 3. The molecule has 1 radical (unpaired) electrons. The molecule has 7 heteroatoms. The molecule has 0 aromatic heterocycles. The highest BCUT2D eigenvalue weighted by atomic mass is 28.3. The van der Waals surface area contributed by atoms with Crippen molar-refractivity contribution in [3.63, 3.8) is 0 Å². The van der Waals surface area contributed by atoms with Crippen LogP contribution in [0.1, 0.15) is 54.0 Å². The van der Waals surface area contributed by atoms with E-state index >= 15 is 0 Å². The fourth-order valence-corrected chi connectivity index (χ4v) is 5.36. The highest BCUT2D eigenvalue weighted by molar-refractivity contribution is 6.48. The van der Waals surface area contributed by atoms with Crippen molar-refractivity contribution in [2.24, 2.45) is 11.3 Å². The zero-order valence-electron chi connectivity index (χ0n) is 20.2. The average molecular weight is 467 g/mol. The summed E-state index contributed by atoms with van der Waals surface area (Å²) < 4.78 is 12.2. The van der Waals surface area contributed by atoms with E-state index in [-0.39, 0.29) is 13.2 Å². The fraction of sp³-hybridized carbons (Fsp3) is 0.423. The first-order valence-corrected chi connectivity index (χ1v) is 13.5. The van der Waals surface area contributed by atoms with Crippen LogP contribution >= 0.6 is 0 Å². The molecule has 0 aliphatic carbocycles. The molecule has 6 nitrogen and oxygen atoms in total. The molecule has 33 heavy (non-hydrogen) atoms. The van der Waals surface area contributed by atoms with Gasteiger partial charge in [0.2, 0.25) is 9.04 Å². The van der Waals surface area contributed by atoms with Crippen LogP contribution < -0.4 is 0 Å². The minimum absolute atomic E-state index is 0.106. The number of carbonyl (C=O) groups is 3. The van der Waals surface area contributed by atoms with Crippen molar-refractivity contribution < 1.29 is 23.5 Å². The highest BCUT2D eigenvalue weighted by Crippen LogP contribution is 2.42. The molecule has 1 aliphatic heterocycles. The third kappa shape index (κ3) is 5.09. The number of fused-ring (bicyclic) bond motifs is 1. The standard InChI is InChI=1S/C26H32NO5Si/c1-25(2,3)26(4,32-33(5)6)21(24(30)31-17-18-12-8-7-9-13-18)16-27-22(28)19-14-10-11-15-20(19)23(27)29/h7-15,21H,16-17H2,1-6H3/t21-,26-/m1/s1. The first-order chi connectivity index (χ1) is 15.5. The van der Waals surface area contributed by atoms with Gasteiger partial charge in [0, 0.05) is 6.54 Å². The molecule has 1 aliphatic rings. The predicted molar refractivity (Wildman–Crippen MR) is 128 cm³/mol. The Hall–Kier alpha value is -2.77. The topological polar surface area (TPSA) is 72.9 Å². The van der Waals surface area contributed by atoms with Gasteiger partial charge in [-0.25, -0.2) is 0 Å². The molecule has 0 bridgehead atoms. The lowest BCUT2D eigenvalue weighted by atomic mass is 9.69. The van der Waals surface area contributed by atoms with Crippen molar-refractivity contribution in [1.82, 2.24) is 4.90 Å². The summed E-state index contributed by atoms with van der Waals surface area (Å²) in [5, 5.41) is 0. The largest absolute Gasteiger partial charge is 0.460 e. The summed E-state index contributed by atoms with van der Waals surface area (Å²) in [4.78, 5) is 40.8. The quantitative estimate of drug-likeness (QED) is 0.320. The van der Waals surface area contributed by atoms with Crippen molar-refractivity contribution in [3.05, 3.63) is 71.3 Å². The molecular weight excluding hydrogens is 434 g/mol. The molecular formula is C26H32NO5Si. The molecule has 0 fully saturated rings. The first-order valence-electron chi connectivity index (χ1n) is 11.1. The van der Waals surface area contributed by atoms with Crippen LogP contribution in [0.5, 0.6) is 0 Å². The average Bonchev–Trinajstić information content (AvgIpc) is 3.00. The summed E-state index contributed by atoms with van der Waals surface area (Å²) in [6, 6.07) is 16.1. The summed E-state index contributed by atoms with van der Waals surface area (Å²) in [5.74, 6) is -2.14. The van der Waals surface area contributed by atoms with Crippen LogP contribution in [0.15, 0.2) is 54.6 Å². The van der Waals surface area contributed by atoms with Crippen LogP contribution in [0, 0.1) is 11.3 Å². The van der Waals surface area contributed by atoms with Gasteiger partial charge in [-0.2, -0.15) is 0 Å². The maximum atomic E-state index is 13.5. The van der Waals surface area contributed by atoms with Gasteiger partial charge in [0.25, 0.3) is 11.8 Å². The number of esters is 1. The summed E-state index contributed by atoms with van der Waals surface area (Å²) in [5.41, 5.74) is 0.137. The molecule has 2 atom stereocenters. The summed E-state index contributed by atoms with van der Waals surface area (Å²) in [6.45, 7) is 11.9. The minimum Gasteiger partial charge on any atom is -0.460 e. The number of hydrogen-bond donors (Lipinski definition) is 0. The maximum absolute atomic E-state index is 13.5. The highest BCUT2D eigenvalue weighted by Gasteiger charge is 2.52. The van der Waals surface area contributed by atoms with E-state index in [1.807, 2.05) is 71.1 Å². The molecule has 0 unspecified atom stereocenters. The Kier molecular flexibility index (Phi) is 7.24. The second kappa shape index (κ2) is 9.61. The van der Waals surface area contributed by atoms with Crippen LogP contribution in [0.25, 0.3) is 0 Å². The van der Waals surface area contributed by atoms with Crippen LogP contribution in [0.2, 0.25) is 13.1 Å². The Labute approximate surface area is 197 Å². The van der Waals surface area contributed by atoms with E-state index in [1.165, 1.54) is 0 Å². The second-order valence-corrected chi connectivity index (χ2v) is 11.8. The Morgan fingerprint density at radius 3 is 1.91 bits per heavy atom. The maximum Gasteiger partial charge on any atom is 0.314 e. The fourth-order valence-electron chi connectivity index (χ4n) is 4.06. The number of ether oxygens (including phenoxy) is 1. The predicted octanol–water partition coefficient (Wildman–Crippen LogP) is 4.71. The molecule has 0 saturated carbocycles. The lowest BCUT2D eigenvalue weighted by Crippen LogP contribution is -2.57. The van der Waals surface area contributed by atoms with E-state index in [4.69, 9.17) is 9.16 Å². The normalized spacial score (nSPS) is 16.5. The lowest BCUT2D eigenvalue weighted by molar-refractivity contribution is -0.165. The number of benzene rings is 2. The third-order valence-corrected chi connectivity index (χ3v) is 7.15. The number of imide groups is 1. The first kappa shape index (κ1) is 24.9. The molecule has 3 rings (SSSR count). The van der Waals surface area contributed by atoms with E-state index in [0.717, 1.165) is 10.5 Å². The number of rotatable bonds is 8. The number of nitrogens with zero attached hydrogens (tertiary/aromatic N) is 1. The Bertz CT molecular complexity index is 995. The second-order valence-electron chi connectivity index (χ2n) is 9.78. The van der Waals surface area contributed by atoms with Crippen LogP contribution in [0.3, 0.4) is 0 Å². The van der Waals surface area contributed by atoms with Gasteiger partial charge in [-0.1, -0.05) is 63.2 Å². The van der Waals surface area contributed by atoms with Crippen LogP contribution in [0.4, 0.5) is 0 Å². The lowest BCUT2D eigenvalue weighted by Gasteiger charge is -2.48. The smallest absolute Gasteiger partial charge is 0.314 e. The van der Waals surface area contributed by atoms with Crippen molar-refractivity contribution in [2.75, 3.05) is 6.54 Å². The third-order valence-electron chi connectivity index (χ3n) is 6.32. The van der Waals surface area contributed by atoms with Crippen molar-refractivity contribution >= 4 is 26.8 Å². The van der Waals surface area contributed by atoms with Crippen LogP contribution in [-0.4, -0.2) is 43.9 Å². The number of amides is 2. The van der Waals surface area contributed by atoms with Crippen molar-refractivity contribution in [2.45, 2.75) is 53.0 Å². The molecule has 0 spiro atoms. The van der Waals surface area contributed by atoms with Gasteiger partial charge >= 0.3 is 5.97 Å². The van der Waals surface area contributed by atoms with Gasteiger partial charge in [0.1, 0.15) is 12.5 Å². The van der Waals surface area contributed by atoms with Crippen molar-refractivity contribution in [1.29, 1.82) is 0 Å². The summed E-state index contributed by atoms with van der Waals surface area (Å²) >= 11 is 0. The molecule has 1 heterocycles. The van der Waals surface area contributed by atoms with Gasteiger partial charge in [-0.15, -0.1) is 0 Å². The van der Waals surface area contributed by atoms with Crippen LogP contribution in [-0.2, 0) is 20.6 Å². The van der Waals surface area contributed by atoms with Gasteiger partial charge in [-0.3, -0.25) is 19.3 Å². The Morgan fingerprint density at radius 1 is 0.909 bits per heavy atom. The number of hydrogen-bond acceptors (Lipinski definition) is 5. The molecule has 175 valence electrons. The van der Waals surface area contributed by atoms with E-state index in [2.05, 4.69) is 0 Å². The summed E-state index contributed by atoms with van der Waals surface area (Å²) in [7, 11) is -1.23. The van der Waals surface area contributed by atoms with E-state index < -0.39 is 43.8 Å². The van der Waals surface area contributed by atoms with E-state index in [1.54, 1.807) is 24.3 Å². The van der Waals surface area contributed by atoms with E-state index in [9.17, 15) is 14.4 Å². The molecule has 2 amide bonds. The Balaban J connectivity index is 1.95. The van der Waals surface area contributed by atoms with Gasteiger partial charge in [0.15, 0.2) is 0 Å². The monoisotopic (exact) mass is 466 g/mol. The Morgan fingerprint density at radius 2 is 1.42 bits per heavy atom. The molecule has 2 aromatic rings. The molecule has 0 N–H and O–H groups in total. The minimum atomic E-state index is -1.23. The van der Waals surface area contributed by atoms with Crippen molar-refractivity contribution in [3.8, 4) is 0 Å². The SMILES string of the molecule is C[Si](C)O[C@](C)([C@H](CN1C(=O)c2ccccc2C1=O)C(=O)OCc1ccccc1)C(C)(C)C. The molecule has 0 saturated heterocycles. The van der Waals surface area contributed by atoms with Gasteiger partial charge < -0.3 is 9.16 Å². The summed E-state index contributed by atoms with van der Waals surface area (Å²) in [6.07, 6.45) is 0.